The van der Waals surface area contributed by atoms with E-state index in [2.05, 4.69) is 33.2 Å². The molecule has 120 valence electrons. The van der Waals surface area contributed by atoms with E-state index in [0.29, 0.717) is 12.6 Å². The summed E-state index contributed by atoms with van der Waals surface area (Å²) < 4.78 is 0. The van der Waals surface area contributed by atoms with Crippen molar-refractivity contribution < 1.29 is 4.79 Å². The zero-order valence-electron chi connectivity index (χ0n) is 13.3. The van der Waals surface area contributed by atoms with Gasteiger partial charge in [0.25, 0.3) is 0 Å². The van der Waals surface area contributed by atoms with Gasteiger partial charge >= 0.3 is 0 Å². The standard InChI is InChI=1S/C17H26N4O/c1-14(6-5-11-18-15(2)22)20-16-8-12-21(13-9-16)17-7-3-4-10-19-17/h3-4,7,10,16,20H,1,5-6,8-9,11-13H2,2H3,(H,18,22). The van der Waals surface area contributed by atoms with E-state index < -0.39 is 0 Å². The number of rotatable bonds is 7. The Morgan fingerprint density at radius 1 is 1.41 bits per heavy atom. The minimum absolute atomic E-state index is 0.0282. The Morgan fingerprint density at radius 2 is 2.18 bits per heavy atom. The molecule has 1 aliphatic heterocycles. The Kier molecular flexibility index (Phi) is 6.25. The van der Waals surface area contributed by atoms with Crippen LogP contribution in [0.2, 0.25) is 0 Å². The molecular formula is C17H26N4O. The van der Waals surface area contributed by atoms with Crippen molar-refractivity contribution in [3.05, 3.63) is 36.7 Å². The summed E-state index contributed by atoms with van der Waals surface area (Å²) in [5.74, 6) is 1.09. The normalized spacial score (nSPS) is 15.4. The van der Waals surface area contributed by atoms with Crippen LogP contribution in [-0.2, 0) is 4.79 Å². The van der Waals surface area contributed by atoms with Crippen molar-refractivity contribution in [1.29, 1.82) is 0 Å². The molecule has 0 atom stereocenters. The number of carbonyl (C=O) groups excluding carboxylic acids is 1. The van der Waals surface area contributed by atoms with Crippen molar-refractivity contribution >= 4 is 11.7 Å². The second-order valence-electron chi connectivity index (χ2n) is 5.78. The highest BCUT2D eigenvalue weighted by atomic mass is 16.1. The summed E-state index contributed by atoms with van der Waals surface area (Å²) in [5.41, 5.74) is 1.07. The van der Waals surface area contributed by atoms with Gasteiger partial charge in [-0.3, -0.25) is 4.79 Å². The van der Waals surface area contributed by atoms with E-state index in [0.717, 1.165) is 50.3 Å². The summed E-state index contributed by atoms with van der Waals surface area (Å²) >= 11 is 0. The number of aromatic nitrogens is 1. The van der Waals surface area contributed by atoms with Crippen LogP contribution in [0.3, 0.4) is 0 Å². The molecule has 2 heterocycles. The lowest BCUT2D eigenvalue weighted by Gasteiger charge is -2.34. The molecule has 1 amide bonds. The van der Waals surface area contributed by atoms with E-state index in [1.54, 1.807) is 6.92 Å². The Morgan fingerprint density at radius 3 is 2.82 bits per heavy atom. The fraction of sp³-hybridized carbons (Fsp3) is 0.529. The summed E-state index contributed by atoms with van der Waals surface area (Å²) in [5, 5.41) is 6.33. The summed E-state index contributed by atoms with van der Waals surface area (Å²) in [6.07, 6.45) is 5.87. The molecule has 0 radical (unpaired) electrons. The Labute approximate surface area is 132 Å². The predicted octanol–water partition coefficient (Wildman–Crippen LogP) is 2.07. The highest BCUT2D eigenvalue weighted by Gasteiger charge is 2.19. The molecule has 0 saturated carbocycles. The van der Waals surface area contributed by atoms with E-state index in [4.69, 9.17) is 0 Å². The molecular weight excluding hydrogens is 276 g/mol. The van der Waals surface area contributed by atoms with Crippen molar-refractivity contribution in [2.75, 3.05) is 24.5 Å². The molecule has 0 aliphatic carbocycles. The second kappa shape index (κ2) is 8.41. The van der Waals surface area contributed by atoms with Gasteiger partial charge < -0.3 is 15.5 Å². The van der Waals surface area contributed by atoms with Crippen LogP contribution in [0.25, 0.3) is 0 Å². The number of nitrogens with zero attached hydrogens (tertiary/aromatic N) is 2. The van der Waals surface area contributed by atoms with Crippen LogP contribution in [-0.4, -0.2) is 36.6 Å². The maximum atomic E-state index is 10.8. The van der Waals surface area contributed by atoms with Gasteiger partial charge in [0.1, 0.15) is 5.82 Å². The van der Waals surface area contributed by atoms with Gasteiger partial charge in [-0.15, -0.1) is 0 Å². The smallest absolute Gasteiger partial charge is 0.216 e. The lowest BCUT2D eigenvalue weighted by molar-refractivity contribution is -0.118. The van der Waals surface area contributed by atoms with Crippen LogP contribution in [0.5, 0.6) is 0 Å². The molecule has 0 bridgehead atoms. The molecule has 5 nitrogen and oxygen atoms in total. The lowest BCUT2D eigenvalue weighted by Crippen LogP contribution is -2.42. The van der Waals surface area contributed by atoms with Crippen LogP contribution >= 0.6 is 0 Å². The van der Waals surface area contributed by atoms with E-state index in [-0.39, 0.29) is 5.91 Å². The van der Waals surface area contributed by atoms with E-state index in [1.807, 2.05) is 18.3 Å². The Bertz CT molecular complexity index is 481. The number of hydrogen-bond acceptors (Lipinski definition) is 4. The first-order valence-electron chi connectivity index (χ1n) is 8.00. The van der Waals surface area contributed by atoms with Crippen molar-refractivity contribution in [2.24, 2.45) is 0 Å². The van der Waals surface area contributed by atoms with Crippen molar-refractivity contribution in [1.82, 2.24) is 15.6 Å². The molecule has 1 aromatic heterocycles. The molecule has 1 aromatic rings. The minimum atomic E-state index is 0.0282. The van der Waals surface area contributed by atoms with Crippen LogP contribution < -0.4 is 15.5 Å². The van der Waals surface area contributed by atoms with Gasteiger partial charge in [-0.05, 0) is 37.8 Å². The zero-order valence-corrected chi connectivity index (χ0v) is 13.3. The number of carbonyl (C=O) groups is 1. The van der Waals surface area contributed by atoms with Gasteiger partial charge in [0.05, 0.1) is 0 Å². The first-order valence-corrected chi connectivity index (χ1v) is 8.00. The average Bonchev–Trinajstić information content (AvgIpc) is 2.53. The van der Waals surface area contributed by atoms with Crippen LogP contribution in [0.15, 0.2) is 36.7 Å². The Hall–Kier alpha value is -2.04. The summed E-state index contributed by atoms with van der Waals surface area (Å²) in [4.78, 5) is 17.5. The number of piperidine rings is 1. The highest BCUT2D eigenvalue weighted by molar-refractivity contribution is 5.72. The molecule has 22 heavy (non-hydrogen) atoms. The maximum absolute atomic E-state index is 10.8. The van der Waals surface area contributed by atoms with Crippen molar-refractivity contribution in [2.45, 2.75) is 38.6 Å². The lowest BCUT2D eigenvalue weighted by atomic mass is 10.0. The fourth-order valence-electron chi connectivity index (χ4n) is 2.72. The summed E-state index contributed by atoms with van der Waals surface area (Å²) in [7, 11) is 0. The SMILES string of the molecule is C=C(CCCNC(C)=O)NC1CCN(c2ccccn2)CC1. The monoisotopic (exact) mass is 302 g/mol. The van der Waals surface area contributed by atoms with Crippen LogP contribution in [0, 0.1) is 0 Å². The number of anilines is 1. The molecule has 5 heteroatoms. The van der Waals surface area contributed by atoms with E-state index in [9.17, 15) is 4.79 Å². The molecule has 0 spiro atoms. The molecule has 1 aliphatic rings. The molecule has 2 N–H and O–H groups in total. The first-order chi connectivity index (χ1) is 10.6. The molecule has 1 saturated heterocycles. The highest BCUT2D eigenvalue weighted by Crippen LogP contribution is 2.18. The maximum Gasteiger partial charge on any atom is 0.216 e. The average molecular weight is 302 g/mol. The number of nitrogens with one attached hydrogen (secondary N) is 2. The minimum Gasteiger partial charge on any atom is -0.386 e. The predicted molar refractivity (Wildman–Crippen MR) is 89.7 cm³/mol. The fourth-order valence-corrected chi connectivity index (χ4v) is 2.72. The van der Waals surface area contributed by atoms with Crippen molar-refractivity contribution in [3.63, 3.8) is 0 Å². The number of amides is 1. The van der Waals surface area contributed by atoms with Gasteiger partial charge in [0, 0.05) is 44.5 Å². The summed E-state index contributed by atoms with van der Waals surface area (Å²) in [6, 6.07) is 6.54. The van der Waals surface area contributed by atoms with Gasteiger partial charge in [-0.25, -0.2) is 4.98 Å². The molecule has 0 aromatic carbocycles. The van der Waals surface area contributed by atoms with Gasteiger partial charge in [-0.1, -0.05) is 12.6 Å². The quantitative estimate of drug-likeness (QED) is 0.757. The topological polar surface area (TPSA) is 57.3 Å². The second-order valence-corrected chi connectivity index (χ2v) is 5.78. The Balaban J connectivity index is 1.64. The van der Waals surface area contributed by atoms with Crippen LogP contribution in [0.1, 0.15) is 32.6 Å². The number of hydrogen-bond donors (Lipinski definition) is 2. The third-order valence-corrected chi connectivity index (χ3v) is 3.91. The third kappa shape index (κ3) is 5.39. The van der Waals surface area contributed by atoms with Gasteiger partial charge in [0.15, 0.2) is 0 Å². The molecule has 1 fully saturated rings. The van der Waals surface area contributed by atoms with Crippen LogP contribution in [0.4, 0.5) is 5.82 Å². The van der Waals surface area contributed by atoms with Crippen molar-refractivity contribution in [3.8, 4) is 0 Å². The molecule has 0 unspecified atom stereocenters. The van der Waals surface area contributed by atoms with Gasteiger partial charge in [-0.2, -0.15) is 0 Å². The first kappa shape index (κ1) is 16.3. The number of pyridine rings is 1. The number of allylic oxidation sites excluding steroid dienone is 1. The summed E-state index contributed by atoms with van der Waals surface area (Å²) in [6.45, 7) is 8.40. The zero-order chi connectivity index (χ0) is 15.8. The largest absolute Gasteiger partial charge is 0.386 e. The van der Waals surface area contributed by atoms with Gasteiger partial charge in [0.2, 0.25) is 5.91 Å². The molecule has 2 rings (SSSR count). The third-order valence-electron chi connectivity index (χ3n) is 3.91. The van der Waals surface area contributed by atoms with E-state index >= 15 is 0 Å². The van der Waals surface area contributed by atoms with E-state index in [1.165, 1.54) is 0 Å².